The monoisotopic (exact) mass is 235 g/mol. The summed E-state index contributed by atoms with van der Waals surface area (Å²) in [5.74, 6) is 0. The van der Waals surface area contributed by atoms with Crippen LogP contribution in [0.2, 0.25) is 0 Å². The van der Waals surface area contributed by atoms with Gasteiger partial charge in [0.1, 0.15) is 0 Å². The zero-order valence-electron chi connectivity index (χ0n) is 9.61. The average molecular weight is 235 g/mol. The average Bonchev–Trinajstić information content (AvgIpc) is 2.32. The Labute approximate surface area is 100 Å². The summed E-state index contributed by atoms with van der Waals surface area (Å²) in [5, 5.41) is 5.96. The molecule has 1 aromatic carbocycles. The molecule has 1 aromatic rings. The van der Waals surface area contributed by atoms with E-state index in [0.29, 0.717) is 11.7 Å². The van der Waals surface area contributed by atoms with Crippen LogP contribution in [-0.2, 0) is 4.74 Å². The first kappa shape index (κ1) is 11.7. The molecule has 0 unspecified atom stereocenters. The zero-order valence-corrected chi connectivity index (χ0v) is 9.61. The Morgan fingerprint density at radius 1 is 1.18 bits per heavy atom. The number of ether oxygens (including phenoxy) is 1. The zero-order chi connectivity index (χ0) is 12.1. The molecule has 2 amide bonds. The van der Waals surface area contributed by atoms with Gasteiger partial charge in [0.15, 0.2) is 0 Å². The summed E-state index contributed by atoms with van der Waals surface area (Å²) < 4.78 is 5.30. The number of primary amides is 1. The van der Waals surface area contributed by atoms with Crippen molar-refractivity contribution >= 4 is 17.4 Å². The number of carbonyl (C=O) groups excluding carboxylic acids is 1. The minimum absolute atomic E-state index is 0.471. The third kappa shape index (κ3) is 3.64. The maximum absolute atomic E-state index is 10.7. The predicted octanol–water partition coefficient (Wildman–Crippen LogP) is 1.77. The fourth-order valence-electron chi connectivity index (χ4n) is 1.87. The lowest BCUT2D eigenvalue weighted by Gasteiger charge is -2.24. The first-order chi connectivity index (χ1) is 8.24. The van der Waals surface area contributed by atoms with Crippen molar-refractivity contribution < 1.29 is 9.53 Å². The van der Waals surface area contributed by atoms with Crippen LogP contribution in [0, 0.1) is 0 Å². The molecule has 0 atom stereocenters. The fraction of sp³-hybridized carbons (Fsp3) is 0.417. The second kappa shape index (κ2) is 5.54. The van der Waals surface area contributed by atoms with Gasteiger partial charge in [-0.1, -0.05) is 0 Å². The van der Waals surface area contributed by atoms with Crippen LogP contribution in [0.3, 0.4) is 0 Å². The van der Waals surface area contributed by atoms with Crippen molar-refractivity contribution in [3.63, 3.8) is 0 Å². The van der Waals surface area contributed by atoms with E-state index in [1.54, 1.807) is 0 Å². The second-order valence-electron chi connectivity index (χ2n) is 4.10. The Morgan fingerprint density at radius 2 is 1.76 bits per heavy atom. The van der Waals surface area contributed by atoms with Gasteiger partial charge in [0.2, 0.25) is 0 Å². The third-order valence-corrected chi connectivity index (χ3v) is 2.74. The minimum atomic E-state index is -0.546. The molecular formula is C12H17N3O2. The van der Waals surface area contributed by atoms with E-state index < -0.39 is 6.03 Å². The van der Waals surface area contributed by atoms with Crippen molar-refractivity contribution in [3.8, 4) is 0 Å². The lowest BCUT2D eigenvalue weighted by atomic mass is 10.1. The molecule has 0 spiro atoms. The highest BCUT2D eigenvalue weighted by Crippen LogP contribution is 2.17. The molecule has 92 valence electrons. The third-order valence-electron chi connectivity index (χ3n) is 2.74. The summed E-state index contributed by atoms with van der Waals surface area (Å²) in [6.07, 6.45) is 2.06. The van der Waals surface area contributed by atoms with Crippen LogP contribution in [-0.4, -0.2) is 25.3 Å². The number of nitrogens with two attached hydrogens (primary N) is 1. The van der Waals surface area contributed by atoms with E-state index in [1.807, 2.05) is 24.3 Å². The van der Waals surface area contributed by atoms with E-state index in [9.17, 15) is 4.79 Å². The largest absolute Gasteiger partial charge is 0.382 e. The Kier molecular flexibility index (Phi) is 3.82. The Morgan fingerprint density at radius 3 is 2.35 bits per heavy atom. The summed E-state index contributed by atoms with van der Waals surface area (Å²) in [6.45, 7) is 1.64. The molecule has 0 bridgehead atoms. The highest BCUT2D eigenvalue weighted by Gasteiger charge is 2.12. The SMILES string of the molecule is NC(=O)Nc1ccc(NC2CCOCC2)cc1. The molecule has 0 aromatic heterocycles. The van der Waals surface area contributed by atoms with Gasteiger partial charge >= 0.3 is 6.03 Å². The molecular weight excluding hydrogens is 218 g/mol. The molecule has 0 radical (unpaired) electrons. The van der Waals surface area contributed by atoms with Gasteiger partial charge in [-0.05, 0) is 37.1 Å². The quantitative estimate of drug-likeness (QED) is 0.747. The number of hydrogen-bond acceptors (Lipinski definition) is 3. The summed E-state index contributed by atoms with van der Waals surface area (Å²) in [7, 11) is 0. The molecule has 1 heterocycles. The second-order valence-corrected chi connectivity index (χ2v) is 4.10. The van der Waals surface area contributed by atoms with E-state index in [4.69, 9.17) is 10.5 Å². The van der Waals surface area contributed by atoms with Crippen LogP contribution in [0.1, 0.15) is 12.8 Å². The first-order valence-electron chi connectivity index (χ1n) is 5.75. The van der Waals surface area contributed by atoms with Crippen molar-refractivity contribution in [2.75, 3.05) is 23.8 Å². The molecule has 1 aliphatic rings. The van der Waals surface area contributed by atoms with Gasteiger partial charge in [-0.15, -0.1) is 0 Å². The van der Waals surface area contributed by atoms with Crippen LogP contribution in [0.25, 0.3) is 0 Å². The van der Waals surface area contributed by atoms with Gasteiger partial charge < -0.3 is 21.1 Å². The van der Waals surface area contributed by atoms with E-state index in [1.165, 1.54) is 0 Å². The normalized spacial score (nSPS) is 16.5. The van der Waals surface area contributed by atoms with Gasteiger partial charge in [0, 0.05) is 30.6 Å². The minimum Gasteiger partial charge on any atom is -0.382 e. The van der Waals surface area contributed by atoms with Gasteiger partial charge in [-0.3, -0.25) is 0 Å². The van der Waals surface area contributed by atoms with Crippen molar-refractivity contribution in [1.29, 1.82) is 0 Å². The molecule has 17 heavy (non-hydrogen) atoms. The standard InChI is InChI=1S/C12H17N3O2/c13-12(16)15-10-3-1-9(2-4-10)14-11-5-7-17-8-6-11/h1-4,11,14H,5-8H2,(H3,13,15,16). The maximum atomic E-state index is 10.7. The lowest BCUT2D eigenvalue weighted by molar-refractivity contribution is 0.0904. The van der Waals surface area contributed by atoms with Crippen LogP contribution in [0.5, 0.6) is 0 Å². The number of urea groups is 1. The highest BCUT2D eigenvalue weighted by atomic mass is 16.5. The van der Waals surface area contributed by atoms with Crippen molar-refractivity contribution in [1.82, 2.24) is 0 Å². The maximum Gasteiger partial charge on any atom is 0.316 e. The number of nitrogens with one attached hydrogen (secondary N) is 2. The van der Waals surface area contributed by atoms with Gasteiger partial charge in [0.25, 0.3) is 0 Å². The molecule has 4 N–H and O–H groups in total. The number of anilines is 2. The van der Waals surface area contributed by atoms with Crippen molar-refractivity contribution in [2.45, 2.75) is 18.9 Å². The smallest absolute Gasteiger partial charge is 0.316 e. The Bertz CT molecular complexity index is 372. The summed E-state index contributed by atoms with van der Waals surface area (Å²) >= 11 is 0. The Balaban J connectivity index is 1.90. The van der Waals surface area contributed by atoms with E-state index in [2.05, 4.69) is 10.6 Å². The number of hydrogen-bond donors (Lipinski definition) is 3. The first-order valence-corrected chi connectivity index (χ1v) is 5.75. The molecule has 0 aliphatic carbocycles. The van der Waals surface area contributed by atoms with Gasteiger partial charge in [-0.25, -0.2) is 4.79 Å². The Hall–Kier alpha value is -1.75. The summed E-state index contributed by atoms with van der Waals surface area (Å²) in [4.78, 5) is 10.7. The predicted molar refractivity (Wildman–Crippen MR) is 67.1 cm³/mol. The molecule has 0 saturated carbocycles. The number of benzene rings is 1. The lowest BCUT2D eigenvalue weighted by Crippen LogP contribution is -2.27. The summed E-state index contributed by atoms with van der Waals surface area (Å²) in [6, 6.07) is 7.44. The number of rotatable bonds is 3. The fourth-order valence-corrected chi connectivity index (χ4v) is 1.87. The van der Waals surface area contributed by atoms with Gasteiger partial charge in [-0.2, -0.15) is 0 Å². The number of carbonyl (C=O) groups is 1. The van der Waals surface area contributed by atoms with E-state index >= 15 is 0 Å². The number of amides is 2. The van der Waals surface area contributed by atoms with Crippen molar-refractivity contribution in [3.05, 3.63) is 24.3 Å². The molecule has 5 heteroatoms. The topological polar surface area (TPSA) is 76.4 Å². The molecule has 1 aliphatic heterocycles. The van der Waals surface area contributed by atoms with Crippen LogP contribution in [0.15, 0.2) is 24.3 Å². The van der Waals surface area contributed by atoms with Gasteiger partial charge in [0.05, 0.1) is 0 Å². The van der Waals surface area contributed by atoms with E-state index in [-0.39, 0.29) is 0 Å². The molecule has 5 nitrogen and oxygen atoms in total. The van der Waals surface area contributed by atoms with Crippen LogP contribution in [0.4, 0.5) is 16.2 Å². The highest BCUT2D eigenvalue weighted by molar-refractivity contribution is 5.87. The molecule has 2 rings (SSSR count). The molecule has 1 fully saturated rings. The van der Waals surface area contributed by atoms with Crippen molar-refractivity contribution in [2.24, 2.45) is 5.73 Å². The molecule has 1 saturated heterocycles. The summed E-state index contributed by atoms with van der Waals surface area (Å²) in [5.41, 5.74) is 6.78. The van der Waals surface area contributed by atoms with Crippen LogP contribution < -0.4 is 16.4 Å². The van der Waals surface area contributed by atoms with Crippen LogP contribution >= 0.6 is 0 Å². The van der Waals surface area contributed by atoms with E-state index in [0.717, 1.165) is 31.7 Å².